The fraction of sp³-hybridized carbons (Fsp3) is 0.833. The van der Waals surface area contributed by atoms with E-state index in [2.05, 4.69) is 4.74 Å². The van der Waals surface area contributed by atoms with Crippen molar-refractivity contribution in [3.63, 3.8) is 0 Å². The molecule has 2 unspecified atom stereocenters. The van der Waals surface area contributed by atoms with Crippen molar-refractivity contribution in [2.75, 3.05) is 6.61 Å². The second-order valence-corrected chi connectivity index (χ2v) is 2.56. The molecule has 0 aromatic rings. The van der Waals surface area contributed by atoms with E-state index in [4.69, 9.17) is 15.3 Å². The van der Waals surface area contributed by atoms with E-state index >= 15 is 0 Å². The van der Waals surface area contributed by atoms with E-state index < -0.39 is 37.0 Å². The predicted octanol–water partition coefficient (Wildman–Crippen LogP) is -6.64. The third-order valence-electron chi connectivity index (χ3n) is 1.70. The van der Waals surface area contributed by atoms with E-state index in [0.717, 1.165) is 0 Å². The van der Waals surface area contributed by atoms with E-state index in [1.807, 2.05) is 0 Å². The second kappa shape index (κ2) is 5.26. The number of carbonyl (C=O) groups is 1. The first-order valence-corrected chi connectivity index (χ1v) is 3.41. The normalized spacial score (nSPS) is 35.1. The van der Waals surface area contributed by atoms with Crippen molar-refractivity contribution in [2.24, 2.45) is 0 Å². The molecule has 0 aliphatic carbocycles. The molecule has 0 aromatic heterocycles. The summed E-state index contributed by atoms with van der Waals surface area (Å²) in [6.45, 7) is -0.665. The molecule has 3 N–H and O–H groups in total. The van der Waals surface area contributed by atoms with Gasteiger partial charge in [-0.15, -0.1) is 0 Å². The summed E-state index contributed by atoms with van der Waals surface area (Å²) in [5.74, 6) is -1.10. The van der Waals surface area contributed by atoms with Gasteiger partial charge in [0.25, 0.3) is 5.97 Å². The van der Waals surface area contributed by atoms with Gasteiger partial charge in [0, 0.05) is 6.10 Å². The molecule has 0 saturated carbocycles. The Bertz CT molecular complexity index is 186. The second-order valence-electron chi connectivity index (χ2n) is 2.56. The van der Waals surface area contributed by atoms with Gasteiger partial charge in [0.15, 0.2) is 6.10 Å². The van der Waals surface area contributed by atoms with Crippen molar-refractivity contribution >= 4 is 5.97 Å². The van der Waals surface area contributed by atoms with Crippen LogP contribution >= 0.6 is 0 Å². The largest absolute Gasteiger partial charge is 1.00 e. The molecule has 0 spiro atoms. The van der Waals surface area contributed by atoms with E-state index in [-0.39, 0.29) is 29.6 Å². The van der Waals surface area contributed by atoms with Crippen molar-refractivity contribution in [1.29, 1.82) is 0 Å². The van der Waals surface area contributed by atoms with Crippen molar-refractivity contribution < 1.29 is 59.5 Å². The molecule has 0 amide bonds. The molecular weight excluding hydrogens is 191 g/mol. The molecule has 1 heterocycles. The Morgan fingerprint density at radius 1 is 1.62 bits per heavy atom. The van der Waals surface area contributed by atoms with Crippen LogP contribution in [0.2, 0.25) is 0 Å². The summed E-state index contributed by atoms with van der Waals surface area (Å²) >= 11 is 0. The summed E-state index contributed by atoms with van der Waals surface area (Å²) < 4.78 is 4.33. The molecule has 1 fully saturated rings. The van der Waals surface area contributed by atoms with Gasteiger partial charge in [0.1, 0.15) is 6.10 Å². The van der Waals surface area contributed by atoms with Crippen LogP contribution in [0.15, 0.2) is 0 Å². The number of rotatable bonds is 2. The van der Waals surface area contributed by atoms with Crippen molar-refractivity contribution in [3.8, 4) is 0 Å². The molecule has 13 heavy (non-hydrogen) atoms. The summed E-state index contributed by atoms with van der Waals surface area (Å²) in [5, 5.41) is 37.1. The minimum Gasteiger partial charge on any atom is -0.842 e. The van der Waals surface area contributed by atoms with Crippen LogP contribution in [0.25, 0.3) is 0 Å². The van der Waals surface area contributed by atoms with Crippen LogP contribution in [0.4, 0.5) is 0 Å². The minimum absolute atomic E-state index is 0. The average molecular weight is 200 g/mol. The van der Waals surface area contributed by atoms with Crippen molar-refractivity contribution in [2.45, 2.75) is 24.4 Å². The third kappa shape index (κ3) is 2.63. The van der Waals surface area contributed by atoms with Crippen LogP contribution < -0.4 is 34.7 Å². The molecule has 1 aliphatic heterocycles. The number of aliphatic hydroxyl groups excluding tert-OH is 3. The Hall–Kier alpha value is 0.310. The summed E-state index contributed by atoms with van der Waals surface area (Å²) in [4.78, 5) is 10.5. The number of ether oxygens (including phenoxy) is 1. The van der Waals surface area contributed by atoms with Gasteiger partial charge < -0.3 is 25.2 Å². The van der Waals surface area contributed by atoms with Crippen molar-refractivity contribution in [1.82, 2.24) is 0 Å². The third-order valence-corrected chi connectivity index (χ3v) is 1.70. The SMILES string of the molecule is O=C1O[C@H]([C@@H](O)CO)C(O)C1[O-].[Na+]. The molecule has 4 atom stereocenters. The first-order valence-electron chi connectivity index (χ1n) is 3.41. The molecule has 0 radical (unpaired) electrons. The first-order chi connectivity index (χ1) is 5.57. The average Bonchev–Trinajstić information content (AvgIpc) is 2.32. The fourth-order valence-corrected chi connectivity index (χ4v) is 0.993. The fourth-order valence-electron chi connectivity index (χ4n) is 0.993. The van der Waals surface area contributed by atoms with E-state index in [1.54, 1.807) is 0 Å². The minimum atomic E-state index is -1.88. The molecule has 7 heteroatoms. The Balaban J connectivity index is 0.00000144. The zero-order chi connectivity index (χ0) is 9.30. The Labute approximate surface area is 96.4 Å². The van der Waals surface area contributed by atoms with Crippen molar-refractivity contribution in [3.05, 3.63) is 0 Å². The van der Waals surface area contributed by atoms with Gasteiger partial charge in [-0.25, -0.2) is 0 Å². The van der Waals surface area contributed by atoms with E-state index in [1.165, 1.54) is 0 Å². The zero-order valence-corrected chi connectivity index (χ0v) is 9.08. The molecule has 70 valence electrons. The van der Waals surface area contributed by atoms with Crippen LogP contribution in [0.5, 0.6) is 0 Å². The smallest absolute Gasteiger partial charge is 0.842 e. The molecule has 1 saturated heterocycles. The van der Waals surface area contributed by atoms with Gasteiger partial charge in [-0.3, -0.25) is 4.79 Å². The Morgan fingerprint density at radius 2 is 2.15 bits per heavy atom. The number of aliphatic hydroxyl groups is 3. The van der Waals surface area contributed by atoms with Crippen LogP contribution in [0, 0.1) is 0 Å². The molecule has 6 nitrogen and oxygen atoms in total. The van der Waals surface area contributed by atoms with Gasteiger partial charge in [0.2, 0.25) is 0 Å². The quantitative estimate of drug-likeness (QED) is 0.302. The van der Waals surface area contributed by atoms with Gasteiger partial charge in [-0.1, -0.05) is 0 Å². The number of esters is 1. The maximum absolute atomic E-state index is 10.7. The van der Waals surface area contributed by atoms with Gasteiger partial charge in [-0.2, -0.15) is 0 Å². The monoisotopic (exact) mass is 200 g/mol. The summed E-state index contributed by atoms with van der Waals surface area (Å²) in [6.07, 6.45) is -6.16. The van der Waals surface area contributed by atoms with E-state index in [9.17, 15) is 9.90 Å². The maximum atomic E-state index is 10.7. The predicted molar refractivity (Wildman–Crippen MR) is 32.8 cm³/mol. The summed E-state index contributed by atoms with van der Waals surface area (Å²) in [7, 11) is 0. The number of hydrogen-bond acceptors (Lipinski definition) is 6. The topological polar surface area (TPSA) is 110 Å². The Kier molecular flexibility index (Phi) is 5.38. The molecule has 1 rings (SSSR count). The van der Waals surface area contributed by atoms with Crippen LogP contribution in [0.1, 0.15) is 0 Å². The molecule has 0 aromatic carbocycles. The van der Waals surface area contributed by atoms with Gasteiger partial charge in [-0.05, 0) is 0 Å². The van der Waals surface area contributed by atoms with Crippen LogP contribution in [-0.2, 0) is 9.53 Å². The number of hydrogen-bond donors (Lipinski definition) is 3. The first kappa shape index (κ1) is 13.3. The van der Waals surface area contributed by atoms with Gasteiger partial charge in [0.05, 0.1) is 12.7 Å². The molecule has 0 bridgehead atoms. The summed E-state index contributed by atoms with van der Waals surface area (Å²) in [6, 6.07) is 0. The van der Waals surface area contributed by atoms with Gasteiger partial charge >= 0.3 is 29.6 Å². The summed E-state index contributed by atoms with van der Waals surface area (Å²) in [5.41, 5.74) is 0. The van der Waals surface area contributed by atoms with Crippen LogP contribution in [0.3, 0.4) is 0 Å². The van der Waals surface area contributed by atoms with E-state index in [0.29, 0.717) is 0 Å². The zero-order valence-electron chi connectivity index (χ0n) is 7.08. The van der Waals surface area contributed by atoms with Crippen LogP contribution in [-0.4, -0.2) is 52.3 Å². The molecular formula is C6H9NaO6. The number of cyclic esters (lactones) is 1. The maximum Gasteiger partial charge on any atom is 1.00 e. The molecule has 1 aliphatic rings. The number of carbonyl (C=O) groups excluding carboxylic acids is 1. The standard InChI is InChI=1S/C6H9O6.Na/c7-1-2(8)5-3(9)4(10)6(11)12-5;/h2-5,7-9H,1H2;/q-1;+1/t2-,3?,4?,5+;/m0./s1. The Morgan fingerprint density at radius 3 is 2.46 bits per heavy atom.